The minimum Gasteiger partial charge on any atom is -0.394 e. The first-order valence-corrected chi connectivity index (χ1v) is 5.34. The van der Waals surface area contributed by atoms with E-state index in [1.807, 2.05) is 24.3 Å². The molecule has 0 radical (unpaired) electrons. The summed E-state index contributed by atoms with van der Waals surface area (Å²) in [7, 11) is 0. The second kappa shape index (κ2) is 3.59. The first-order valence-electron chi connectivity index (χ1n) is 3.48. The summed E-state index contributed by atoms with van der Waals surface area (Å²) >= 11 is 3.03. The molecule has 1 aromatic heterocycles. The van der Waals surface area contributed by atoms with E-state index >= 15 is 0 Å². The second-order valence-electron chi connectivity index (χ2n) is 2.35. The molecule has 0 saturated heterocycles. The summed E-state index contributed by atoms with van der Waals surface area (Å²) in [6, 6.07) is 7.64. The summed E-state index contributed by atoms with van der Waals surface area (Å²) < 4.78 is 9.85. The minimum absolute atomic E-state index is 0.367. The Bertz CT molecular complexity index is 477. The summed E-state index contributed by atoms with van der Waals surface area (Å²) in [6.45, 7) is 0. The predicted molar refractivity (Wildman–Crippen MR) is 58.8 cm³/mol. The van der Waals surface area contributed by atoms with Gasteiger partial charge < -0.3 is 4.42 Å². The molecule has 66 valence electrons. The van der Waals surface area contributed by atoms with Crippen molar-refractivity contribution in [1.29, 1.82) is 0 Å². The number of hydrogen-bond donors (Lipinski definition) is 0. The van der Waals surface area contributed by atoms with Crippen LogP contribution in [0.1, 0.15) is 0 Å². The number of rotatable bonds is 1. The molecule has 2 rings (SSSR count). The fourth-order valence-corrected chi connectivity index (χ4v) is 1.89. The van der Waals surface area contributed by atoms with Crippen LogP contribution in [0.25, 0.3) is 11.5 Å². The molecule has 0 bridgehead atoms. The van der Waals surface area contributed by atoms with Crippen LogP contribution in [0, 0.1) is 3.57 Å². The Hall–Kier alpha value is -0.690. The Kier molecular flexibility index (Phi) is 2.45. The van der Waals surface area contributed by atoms with E-state index < -0.39 is 0 Å². The van der Waals surface area contributed by atoms with E-state index in [9.17, 15) is 4.79 Å². The van der Waals surface area contributed by atoms with E-state index in [2.05, 4.69) is 27.0 Å². The molecule has 0 atom stereocenters. The van der Waals surface area contributed by atoms with Crippen LogP contribution in [-0.4, -0.2) is 4.37 Å². The van der Waals surface area contributed by atoms with E-state index in [1.165, 1.54) is 0 Å². The summed E-state index contributed by atoms with van der Waals surface area (Å²) in [5.41, 5.74) is 0.838. The van der Waals surface area contributed by atoms with Crippen LogP contribution in [-0.2, 0) is 0 Å². The van der Waals surface area contributed by atoms with Gasteiger partial charge in [0.25, 0.3) is 0 Å². The van der Waals surface area contributed by atoms with Gasteiger partial charge in [0, 0.05) is 9.13 Å². The van der Waals surface area contributed by atoms with Gasteiger partial charge in [0.2, 0.25) is 5.89 Å². The van der Waals surface area contributed by atoms with Crippen molar-refractivity contribution >= 4 is 34.1 Å². The van der Waals surface area contributed by atoms with Gasteiger partial charge in [0.1, 0.15) is 0 Å². The van der Waals surface area contributed by atoms with Crippen molar-refractivity contribution in [2.45, 2.75) is 0 Å². The Morgan fingerprint density at radius 1 is 1.46 bits per heavy atom. The summed E-state index contributed by atoms with van der Waals surface area (Å²) in [6.07, 6.45) is 0. The average molecular weight is 305 g/mol. The van der Waals surface area contributed by atoms with E-state index in [0.29, 0.717) is 5.89 Å². The number of hydrogen-bond acceptors (Lipinski definition) is 4. The molecule has 13 heavy (non-hydrogen) atoms. The minimum atomic E-state index is -0.367. The van der Waals surface area contributed by atoms with Crippen molar-refractivity contribution in [2.75, 3.05) is 0 Å². The number of aromatic nitrogens is 1. The maximum absolute atomic E-state index is 10.7. The highest BCUT2D eigenvalue weighted by molar-refractivity contribution is 14.1. The van der Waals surface area contributed by atoms with Crippen molar-refractivity contribution in [3.8, 4) is 11.5 Å². The highest BCUT2D eigenvalue weighted by Crippen LogP contribution is 2.18. The molecule has 0 aliphatic heterocycles. The molecule has 0 amide bonds. The molecule has 0 fully saturated rings. The molecule has 0 aliphatic rings. The van der Waals surface area contributed by atoms with Gasteiger partial charge in [-0.15, -0.1) is 4.37 Å². The Labute approximate surface area is 91.7 Å². The van der Waals surface area contributed by atoms with Crippen molar-refractivity contribution < 1.29 is 4.42 Å². The molecule has 0 aliphatic carbocycles. The normalized spacial score (nSPS) is 10.2. The van der Waals surface area contributed by atoms with E-state index in [-0.39, 0.29) is 4.94 Å². The molecule has 0 unspecified atom stereocenters. The zero-order chi connectivity index (χ0) is 9.26. The van der Waals surface area contributed by atoms with Gasteiger partial charge in [-0.2, -0.15) is 0 Å². The van der Waals surface area contributed by atoms with Crippen LogP contribution in [0.4, 0.5) is 0 Å². The predicted octanol–water partition coefficient (Wildman–Crippen LogP) is 2.37. The number of benzene rings is 1. The molecular formula is C8H4INO2S. The number of halogens is 1. The summed E-state index contributed by atoms with van der Waals surface area (Å²) in [4.78, 5) is 10.4. The SMILES string of the molecule is O=c1oc(-c2cccc(I)c2)ns1. The van der Waals surface area contributed by atoms with Crippen molar-refractivity contribution in [3.05, 3.63) is 37.6 Å². The fraction of sp³-hybridized carbons (Fsp3) is 0. The van der Waals surface area contributed by atoms with Gasteiger partial charge in [-0.3, -0.25) is 0 Å². The molecule has 1 aromatic carbocycles. The molecule has 1 heterocycles. The largest absolute Gasteiger partial charge is 0.414 e. The third kappa shape index (κ3) is 1.97. The quantitative estimate of drug-likeness (QED) is 0.760. The highest BCUT2D eigenvalue weighted by atomic mass is 127. The molecule has 0 saturated carbocycles. The molecular weight excluding hydrogens is 301 g/mol. The lowest BCUT2D eigenvalue weighted by atomic mass is 10.2. The second-order valence-corrected chi connectivity index (χ2v) is 4.29. The fourth-order valence-electron chi connectivity index (χ4n) is 0.928. The van der Waals surface area contributed by atoms with Gasteiger partial charge >= 0.3 is 4.94 Å². The van der Waals surface area contributed by atoms with E-state index in [1.54, 1.807) is 0 Å². The summed E-state index contributed by atoms with van der Waals surface area (Å²) in [5.74, 6) is 0.397. The van der Waals surface area contributed by atoms with Gasteiger partial charge in [0.05, 0.1) is 11.5 Å². The first-order chi connectivity index (χ1) is 6.25. The highest BCUT2D eigenvalue weighted by Gasteiger charge is 2.04. The molecule has 0 N–H and O–H groups in total. The standard InChI is InChI=1S/C8H4INO2S/c9-6-3-1-2-5(4-6)7-10-13-8(11)12-7/h1-4H. The molecule has 0 spiro atoms. The summed E-state index contributed by atoms with van der Waals surface area (Å²) in [5, 5.41) is 0. The van der Waals surface area contributed by atoms with Crippen LogP contribution in [0.2, 0.25) is 0 Å². The van der Waals surface area contributed by atoms with Crippen LogP contribution >= 0.6 is 34.1 Å². The number of nitrogens with zero attached hydrogens (tertiary/aromatic N) is 1. The maximum Gasteiger partial charge on any atom is 0.414 e. The Morgan fingerprint density at radius 3 is 2.92 bits per heavy atom. The van der Waals surface area contributed by atoms with Gasteiger partial charge in [-0.1, -0.05) is 6.07 Å². The third-order valence-corrected chi connectivity index (χ3v) is 2.62. The van der Waals surface area contributed by atoms with E-state index in [0.717, 1.165) is 20.7 Å². The Balaban J connectivity index is 2.52. The maximum atomic E-state index is 10.7. The average Bonchev–Trinajstić information content (AvgIpc) is 2.52. The van der Waals surface area contributed by atoms with Crippen molar-refractivity contribution in [1.82, 2.24) is 4.37 Å². The van der Waals surface area contributed by atoms with Crippen LogP contribution in [0.3, 0.4) is 0 Å². The van der Waals surface area contributed by atoms with Crippen LogP contribution in [0.5, 0.6) is 0 Å². The molecule has 2 aromatic rings. The zero-order valence-electron chi connectivity index (χ0n) is 6.36. The van der Waals surface area contributed by atoms with Crippen molar-refractivity contribution in [3.63, 3.8) is 0 Å². The zero-order valence-corrected chi connectivity index (χ0v) is 9.33. The Morgan fingerprint density at radius 2 is 2.31 bits per heavy atom. The van der Waals surface area contributed by atoms with Crippen LogP contribution < -0.4 is 4.94 Å². The third-order valence-electron chi connectivity index (χ3n) is 1.45. The first kappa shape index (κ1) is 8.89. The van der Waals surface area contributed by atoms with Gasteiger partial charge in [-0.25, -0.2) is 4.79 Å². The van der Waals surface area contributed by atoms with Gasteiger partial charge in [-0.05, 0) is 40.8 Å². The lowest BCUT2D eigenvalue weighted by Gasteiger charge is -1.93. The van der Waals surface area contributed by atoms with Crippen LogP contribution in [0.15, 0.2) is 33.5 Å². The lowest BCUT2D eigenvalue weighted by Crippen LogP contribution is -1.82. The topological polar surface area (TPSA) is 43.1 Å². The lowest BCUT2D eigenvalue weighted by molar-refractivity contribution is 0.543. The smallest absolute Gasteiger partial charge is 0.394 e. The monoisotopic (exact) mass is 305 g/mol. The van der Waals surface area contributed by atoms with E-state index in [4.69, 9.17) is 4.42 Å². The van der Waals surface area contributed by atoms with Crippen molar-refractivity contribution in [2.24, 2.45) is 0 Å². The molecule has 5 heteroatoms. The molecule has 3 nitrogen and oxygen atoms in total. The van der Waals surface area contributed by atoms with Gasteiger partial charge in [0.15, 0.2) is 0 Å².